The van der Waals surface area contributed by atoms with Gasteiger partial charge >= 0.3 is 6.03 Å². The van der Waals surface area contributed by atoms with Crippen molar-refractivity contribution < 1.29 is 19.1 Å². The van der Waals surface area contributed by atoms with Crippen LogP contribution in [0, 0.1) is 12.3 Å². The van der Waals surface area contributed by atoms with Gasteiger partial charge in [0.2, 0.25) is 0 Å². The largest absolute Gasteiger partial charge is 0.463 e. The minimum absolute atomic E-state index is 0.0941. The van der Waals surface area contributed by atoms with Gasteiger partial charge in [0, 0.05) is 20.3 Å². The summed E-state index contributed by atoms with van der Waals surface area (Å²) in [6.45, 7) is 4.90. The molecule has 0 aliphatic heterocycles. The predicted octanol–water partition coefficient (Wildman–Crippen LogP) is 2.69. The van der Waals surface area contributed by atoms with Gasteiger partial charge in [-0.25, -0.2) is 4.79 Å². The molecule has 2 amide bonds. The van der Waals surface area contributed by atoms with Crippen molar-refractivity contribution in [1.82, 2.24) is 10.6 Å². The molecule has 0 radical (unpaired) electrons. The molecule has 0 aromatic carbocycles. The molecule has 6 heteroatoms. The molecule has 136 valence electrons. The normalized spacial score (nSPS) is 19.0. The van der Waals surface area contributed by atoms with Gasteiger partial charge in [0.25, 0.3) is 0 Å². The van der Waals surface area contributed by atoms with Crippen molar-refractivity contribution in [2.45, 2.75) is 51.6 Å². The number of rotatable bonds is 8. The highest BCUT2D eigenvalue weighted by Crippen LogP contribution is 2.40. The Morgan fingerprint density at radius 2 is 2.08 bits per heavy atom. The highest BCUT2D eigenvalue weighted by Gasteiger charge is 2.34. The summed E-state index contributed by atoms with van der Waals surface area (Å²) < 4.78 is 10.7. The third-order valence-electron chi connectivity index (χ3n) is 4.99. The van der Waals surface area contributed by atoms with Crippen LogP contribution in [0.2, 0.25) is 0 Å². The molecule has 1 aromatic rings. The second-order valence-electron chi connectivity index (χ2n) is 7.17. The minimum Gasteiger partial charge on any atom is -0.463 e. The standard InChI is InChI=1S/C18H30N2O4/c1-14-6-7-15(24-14)17(2,22)12-19-16(21)20-13-18(10-11-23-3)8-4-5-9-18/h6-7,22H,4-5,8-13H2,1-3H3,(H2,19,20,21). The Morgan fingerprint density at radius 1 is 1.38 bits per heavy atom. The summed E-state index contributed by atoms with van der Waals surface area (Å²) in [4.78, 5) is 12.1. The van der Waals surface area contributed by atoms with Gasteiger partial charge in [-0.1, -0.05) is 12.8 Å². The lowest BCUT2D eigenvalue weighted by atomic mass is 9.83. The zero-order valence-corrected chi connectivity index (χ0v) is 15.0. The zero-order chi connectivity index (χ0) is 17.6. The average molecular weight is 338 g/mol. The average Bonchev–Trinajstić information content (AvgIpc) is 3.19. The van der Waals surface area contributed by atoms with Gasteiger partial charge in [0.15, 0.2) is 0 Å². The molecular weight excluding hydrogens is 308 g/mol. The van der Waals surface area contributed by atoms with Gasteiger partial charge in [-0.3, -0.25) is 0 Å². The van der Waals surface area contributed by atoms with Crippen LogP contribution in [-0.4, -0.2) is 37.9 Å². The van der Waals surface area contributed by atoms with E-state index in [4.69, 9.17) is 9.15 Å². The van der Waals surface area contributed by atoms with Gasteiger partial charge < -0.3 is 24.9 Å². The summed E-state index contributed by atoms with van der Waals surface area (Å²) in [5.41, 5.74) is -1.08. The Kier molecular flexibility index (Phi) is 6.29. The molecule has 0 bridgehead atoms. The number of furan rings is 1. The quantitative estimate of drug-likeness (QED) is 0.680. The Balaban J connectivity index is 1.80. The summed E-state index contributed by atoms with van der Waals surface area (Å²) in [5, 5.41) is 16.1. The number of hydrogen-bond donors (Lipinski definition) is 3. The van der Waals surface area contributed by atoms with Crippen LogP contribution >= 0.6 is 0 Å². The number of carbonyl (C=O) groups excluding carboxylic acids is 1. The van der Waals surface area contributed by atoms with Crippen LogP contribution in [0.1, 0.15) is 50.5 Å². The summed E-state index contributed by atoms with van der Waals surface area (Å²) in [7, 11) is 1.71. The molecule has 1 aromatic heterocycles. The van der Waals surface area contributed by atoms with Crippen LogP contribution < -0.4 is 10.6 Å². The van der Waals surface area contributed by atoms with Crippen LogP contribution in [0.5, 0.6) is 0 Å². The fourth-order valence-electron chi connectivity index (χ4n) is 3.35. The first-order chi connectivity index (χ1) is 11.4. The maximum atomic E-state index is 12.1. The number of amides is 2. The van der Waals surface area contributed by atoms with E-state index in [9.17, 15) is 9.90 Å². The van der Waals surface area contributed by atoms with Gasteiger partial charge in [-0.2, -0.15) is 0 Å². The van der Waals surface area contributed by atoms with Crippen molar-refractivity contribution >= 4 is 6.03 Å². The topological polar surface area (TPSA) is 83.7 Å². The number of carbonyl (C=O) groups is 1. The number of aryl methyl sites for hydroxylation is 1. The number of aliphatic hydroxyl groups is 1. The third-order valence-corrected chi connectivity index (χ3v) is 4.99. The van der Waals surface area contributed by atoms with Crippen molar-refractivity contribution in [3.63, 3.8) is 0 Å². The number of nitrogens with one attached hydrogen (secondary N) is 2. The highest BCUT2D eigenvalue weighted by atomic mass is 16.5. The predicted molar refractivity (Wildman–Crippen MR) is 91.8 cm³/mol. The van der Waals surface area contributed by atoms with Crippen LogP contribution in [0.15, 0.2) is 16.5 Å². The molecule has 1 unspecified atom stereocenters. The minimum atomic E-state index is -1.23. The molecule has 1 atom stereocenters. The van der Waals surface area contributed by atoms with E-state index in [-0.39, 0.29) is 18.0 Å². The molecule has 0 spiro atoms. The summed E-state index contributed by atoms with van der Waals surface area (Å²) in [5.74, 6) is 1.18. The monoisotopic (exact) mass is 338 g/mol. The molecule has 24 heavy (non-hydrogen) atoms. The van der Waals surface area contributed by atoms with Crippen molar-refractivity contribution in [3.05, 3.63) is 23.7 Å². The second-order valence-corrected chi connectivity index (χ2v) is 7.17. The van der Waals surface area contributed by atoms with E-state index in [0.717, 1.165) is 31.6 Å². The van der Waals surface area contributed by atoms with Gasteiger partial charge in [-0.15, -0.1) is 0 Å². The number of hydrogen-bond acceptors (Lipinski definition) is 4. The Bertz CT molecular complexity index is 533. The van der Waals surface area contributed by atoms with Crippen molar-refractivity contribution in [2.24, 2.45) is 5.41 Å². The smallest absolute Gasteiger partial charge is 0.314 e. The fourth-order valence-corrected chi connectivity index (χ4v) is 3.35. The first-order valence-corrected chi connectivity index (χ1v) is 8.67. The molecule has 0 saturated heterocycles. The molecule has 1 heterocycles. The van der Waals surface area contributed by atoms with Crippen LogP contribution in [0.25, 0.3) is 0 Å². The SMILES string of the molecule is COCCC1(CNC(=O)NCC(C)(O)c2ccc(C)o2)CCCC1. The van der Waals surface area contributed by atoms with E-state index in [1.807, 2.05) is 6.92 Å². The fraction of sp³-hybridized carbons (Fsp3) is 0.722. The van der Waals surface area contributed by atoms with E-state index < -0.39 is 5.60 Å². The maximum absolute atomic E-state index is 12.1. The summed E-state index contributed by atoms with van der Waals surface area (Å²) >= 11 is 0. The zero-order valence-electron chi connectivity index (χ0n) is 15.0. The van der Waals surface area contributed by atoms with Crippen LogP contribution in [0.3, 0.4) is 0 Å². The Hall–Kier alpha value is -1.53. The molecule has 2 rings (SSSR count). The first-order valence-electron chi connectivity index (χ1n) is 8.67. The second kappa shape index (κ2) is 8.03. The van der Waals surface area contributed by atoms with Crippen molar-refractivity contribution in [3.8, 4) is 0 Å². The number of urea groups is 1. The molecular formula is C18H30N2O4. The molecule has 1 aliphatic rings. The van der Waals surface area contributed by atoms with Gasteiger partial charge in [-0.05, 0) is 50.7 Å². The number of ether oxygens (including phenoxy) is 1. The molecule has 3 N–H and O–H groups in total. The molecule has 1 aliphatic carbocycles. The lowest BCUT2D eigenvalue weighted by Crippen LogP contribution is -2.46. The van der Waals surface area contributed by atoms with E-state index in [1.165, 1.54) is 12.8 Å². The summed E-state index contributed by atoms with van der Waals surface area (Å²) in [6, 6.07) is 3.26. The van der Waals surface area contributed by atoms with Crippen LogP contribution in [-0.2, 0) is 10.3 Å². The number of methoxy groups -OCH3 is 1. The van der Waals surface area contributed by atoms with Gasteiger partial charge in [0.05, 0.1) is 6.54 Å². The summed E-state index contributed by atoms with van der Waals surface area (Å²) in [6.07, 6.45) is 5.63. The lowest BCUT2D eigenvalue weighted by molar-refractivity contribution is 0.0358. The Labute approximate surface area is 143 Å². The molecule has 1 fully saturated rings. The van der Waals surface area contributed by atoms with Crippen molar-refractivity contribution in [2.75, 3.05) is 26.8 Å². The first kappa shape index (κ1) is 18.8. The lowest BCUT2D eigenvalue weighted by Gasteiger charge is -2.29. The Morgan fingerprint density at radius 3 is 2.67 bits per heavy atom. The van der Waals surface area contributed by atoms with Gasteiger partial charge in [0.1, 0.15) is 17.1 Å². The third kappa shape index (κ3) is 4.98. The van der Waals surface area contributed by atoms with E-state index in [2.05, 4.69) is 10.6 Å². The molecule has 1 saturated carbocycles. The maximum Gasteiger partial charge on any atom is 0.314 e. The van der Waals surface area contributed by atoms with E-state index in [1.54, 1.807) is 26.2 Å². The molecule has 6 nitrogen and oxygen atoms in total. The van der Waals surface area contributed by atoms with Crippen molar-refractivity contribution in [1.29, 1.82) is 0 Å². The van der Waals surface area contributed by atoms with E-state index in [0.29, 0.717) is 12.3 Å². The highest BCUT2D eigenvalue weighted by molar-refractivity contribution is 5.74. The van der Waals surface area contributed by atoms with Crippen LogP contribution in [0.4, 0.5) is 4.79 Å². The van der Waals surface area contributed by atoms with E-state index >= 15 is 0 Å².